The summed E-state index contributed by atoms with van der Waals surface area (Å²) in [5.41, 5.74) is 5.39. The number of nitrogens with one attached hydrogen (secondary N) is 4. The van der Waals surface area contributed by atoms with Gasteiger partial charge in [-0.3, -0.25) is 10.8 Å². The zero-order valence-corrected chi connectivity index (χ0v) is 22.5. The van der Waals surface area contributed by atoms with Gasteiger partial charge in [0.15, 0.2) is 0 Å². The van der Waals surface area contributed by atoms with Gasteiger partial charge in [-0.2, -0.15) is 0 Å². The van der Waals surface area contributed by atoms with E-state index in [9.17, 15) is 0 Å². The van der Waals surface area contributed by atoms with Crippen LogP contribution in [-0.2, 0) is 13.1 Å². The van der Waals surface area contributed by atoms with Crippen molar-refractivity contribution >= 4 is 34.9 Å². The van der Waals surface area contributed by atoms with Gasteiger partial charge in [-0.1, -0.05) is 83.9 Å². The molecule has 5 aromatic rings. The fourth-order valence-corrected chi connectivity index (χ4v) is 4.35. The molecule has 0 unspecified atom stereocenters. The topological polar surface area (TPSA) is 84.9 Å². The van der Waals surface area contributed by atoms with Crippen molar-refractivity contribution in [3.8, 4) is 22.6 Å². The molecule has 4 aromatic carbocycles. The summed E-state index contributed by atoms with van der Waals surface area (Å²) in [7, 11) is 0. The first-order valence-corrected chi connectivity index (χ1v) is 13.2. The SMILES string of the molecule is N=C(NCc1ccc(Cl)cc1)c1cccc(-c2ccc(-c3cccc(C(=N)NCc4ccc(Cl)cc4)c3)o2)c1. The molecule has 5 nitrogen and oxygen atoms in total. The predicted octanol–water partition coefficient (Wildman–Crippen LogP) is 8.15. The molecule has 0 saturated carbocycles. The second-order valence-corrected chi connectivity index (χ2v) is 9.91. The average Bonchev–Trinajstić information content (AvgIpc) is 3.47. The Morgan fingerprint density at radius 3 is 1.38 bits per heavy atom. The molecule has 7 heteroatoms. The van der Waals surface area contributed by atoms with Gasteiger partial charge in [0.05, 0.1) is 0 Å². The number of rotatable bonds is 8. The van der Waals surface area contributed by atoms with Crippen LogP contribution in [0.5, 0.6) is 0 Å². The summed E-state index contributed by atoms with van der Waals surface area (Å²) in [5, 5.41) is 24.7. The van der Waals surface area contributed by atoms with E-state index >= 15 is 0 Å². The Morgan fingerprint density at radius 1 is 0.564 bits per heavy atom. The standard InChI is InChI=1S/C32H26Cl2N4O/c33-27-11-7-21(8-12-27)19-37-31(35)25-5-1-3-23(17-25)29-15-16-30(39-29)24-4-2-6-26(18-24)32(36)38-20-22-9-13-28(34)14-10-22/h1-18H,19-20H2,(H2,35,37)(H2,36,38). The quantitative estimate of drug-likeness (QED) is 0.116. The van der Waals surface area contributed by atoms with Crippen molar-refractivity contribution in [1.82, 2.24) is 10.6 Å². The molecule has 0 aliphatic rings. The van der Waals surface area contributed by atoms with Crippen LogP contribution < -0.4 is 10.6 Å². The zero-order chi connectivity index (χ0) is 27.2. The number of benzene rings is 4. The first kappa shape index (κ1) is 26.3. The van der Waals surface area contributed by atoms with Crippen LogP contribution in [0.1, 0.15) is 22.3 Å². The maximum atomic E-state index is 8.48. The largest absolute Gasteiger partial charge is 0.456 e. The van der Waals surface area contributed by atoms with Crippen LogP contribution in [0.25, 0.3) is 22.6 Å². The van der Waals surface area contributed by atoms with Gasteiger partial charge >= 0.3 is 0 Å². The molecule has 5 rings (SSSR count). The molecule has 0 aliphatic heterocycles. The molecule has 0 radical (unpaired) electrons. The van der Waals surface area contributed by atoms with Crippen LogP contribution in [0.3, 0.4) is 0 Å². The Bertz CT molecular complexity index is 1490. The van der Waals surface area contributed by atoms with Gasteiger partial charge in [-0.05, 0) is 59.7 Å². The van der Waals surface area contributed by atoms with E-state index < -0.39 is 0 Å². The van der Waals surface area contributed by atoms with Gasteiger partial charge in [-0.25, -0.2) is 0 Å². The van der Waals surface area contributed by atoms with Crippen LogP contribution in [0.15, 0.2) is 114 Å². The van der Waals surface area contributed by atoms with Crippen LogP contribution >= 0.6 is 23.2 Å². The normalized spacial score (nSPS) is 10.7. The Hall–Kier alpha value is -4.32. The minimum Gasteiger partial charge on any atom is -0.456 e. The minimum atomic E-state index is 0.330. The summed E-state index contributed by atoms with van der Waals surface area (Å²) < 4.78 is 6.20. The van der Waals surface area contributed by atoms with Gasteiger partial charge in [0.25, 0.3) is 0 Å². The van der Waals surface area contributed by atoms with E-state index in [1.54, 1.807) is 0 Å². The van der Waals surface area contributed by atoms with Crippen molar-refractivity contribution in [1.29, 1.82) is 10.8 Å². The Labute approximate surface area is 237 Å². The third kappa shape index (κ3) is 6.77. The number of hydrogen-bond donors (Lipinski definition) is 4. The smallest absolute Gasteiger partial charge is 0.134 e. The highest BCUT2D eigenvalue weighted by Gasteiger charge is 2.11. The number of furan rings is 1. The summed E-state index contributed by atoms with van der Waals surface area (Å²) in [6.07, 6.45) is 0. The van der Waals surface area contributed by atoms with Crippen molar-refractivity contribution in [2.75, 3.05) is 0 Å². The van der Waals surface area contributed by atoms with Crippen molar-refractivity contribution in [2.45, 2.75) is 13.1 Å². The second kappa shape index (κ2) is 12.0. The van der Waals surface area contributed by atoms with Gasteiger partial charge < -0.3 is 15.1 Å². The Morgan fingerprint density at radius 2 is 0.974 bits per heavy atom. The van der Waals surface area contributed by atoms with E-state index in [1.807, 2.05) is 109 Å². The molecule has 1 heterocycles. The molecular weight excluding hydrogens is 527 g/mol. The van der Waals surface area contributed by atoms with E-state index in [2.05, 4.69) is 10.6 Å². The van der Waals surface area contributed by atoms with Crippen LogP contribution in [0.2, 0.25) is 10.0 Å². The van der Waals surface area contributed by atoms with E-state index in [-0.39, 0.29) is 0 Å². The fourth-order valence-electron chi connectivity index (χ4n) is 4.09. The molecule has 4 N–H and O–H groups in total. The lowest BCUT2D eigenvalue weighted by atomic mass is 10.1. The summed E-state index contributed by atoms with van der Waals surface area (Å²) >= 11 is 11.9. The predicted molar refractivity (Wildman–Crippen MR) is 160 cm³/mol. The molecule has 0 saturated heterocycles. The molecule has 0 aliphatic carbocycles. The zero-order valence-electron chi connectivity index (χ0n) is 21.0. The summed E-state index contributed by atoms with van der Waals surface area (Å²) in [5.74, 6) is 2.07. The molecule has 39 heavy (non-hydrogen) atoms. The van der Waals surface area contributed by atoms with E-state index in [4.69, 9.17) is 38.4 Å². The van der Waals surface area contributed by atoms with Gasteiger partial charge in [0.2, 0.25) is 0 Å². The third-order valence-corrected chi connectivity index (χ3v) is 6.75. The fraction of sp³-hybridized carbons (Fsp3) is 0.0625. The first-order valence-electron chi connectivity index (χ1n) is 12.4. The maximum absolute atomic E-state index is 8.48. The van der Waals surface area contributed by atoms with Gasteiger partial charge in [-0.15, -0.1) is 0 Å². The van der Waals surface area contributed by atoms with E-state index in [0.29, 0.717) is 46.3 Å². The van der Waals surface area contributed by atoms with Crippen molar-refractivity contribution in [2.24, 2.45) is 0 Å². The molecule has 0 atom stereocenters. The van der Waals surface area contributed by atoms with Crippen LogP contribution in [0, 0.1) is 10.8 Å². The van der Waals surface area contributed by atoms with Crippen LogP contribution in [0.4, 0.5) is 0 Å². The van der Waals surface area contributed by atoms with Crippen molar-refractivity contribution < 1.29 is 4.42 Å². The molecule has 194 valence electrons. The van der Waals surface area contributed by atoms with E-state index in [0.717, 1.165) is 33.4 Å². The van der Waals surface area contributed by atoms with Gasteiger partial charge in [0, 0.05) is 45.4 Å². The molecule has 0 spiro atoms. The molecule has 0 amide bonds. The Balaban J connectivity index is 1.25. The van der Waals surface area contributed by atoms with E-state index in [1.165, 1.54) is 0 Å². The van der Waals surface area contributed by atoms with Gasteiger partial charge in [0.1, 0.15) is 23.2 Å². The average molecular weight is 553 g/mol. The minimum absolute atomic E-state index is 0.330. The summed E-state index contributed by atoms with van der Waals surface area (Å²) in [6, 6.07) is 34.4. The molecular formula is C32H26Cl2N4O. The third-order valence-electron chi connectivity index (χ3n) is 6.24. The highest BCUT2D eigenvalue weighted by Crippen LogP contribution is 2.29. The number of amidine groups is 2. The number of hydrogen-bond acceptors (Lipinski definition) is 3. The number of halogens is 2. The second-order valence-electron chi connectivity index (χ2n) is 9.04. The highest BCUT2D eigenvalue weighted by molar-refractivity contribution is 6.30. The first-order chi connectivity index (χ1) is 18.9. The lowest BCUT2D eigenvalue weighted by Crippen LogP contribution is -2.22. The maximum Gasteiger partial charge on any atom is 0.134 e. The molecule has 1 aromatic heterocycles. The summed E-state index contributed by atoms with van der Waals surface area (Å²) in [6.45, 7) is 1.07. The van der Waals surface area contributed by atoms with Crippen molar-refractivity contribution in [3.05, 3.63) is 141 Å². The lowest BCUT2D eigenvalue weighted by Gasteiger charge is -2.10. The molecule has 0 bridgehead atoms. The monoisotopic (exact) mass is 552 g/mol. The van der Waals surface area contributed by atoms with Crippen molar-refractivity contribution in [3.63, 3.8) is 0 Å². The lowest BCUT2D eigenvalue weighted by molar-refractivity contribution is 0.597. The summed E-state index contributed by atoms with van der Waals surface area (Å²) in [4.78, 5) is 0. The Kier molecular flexibility index (Phi) is 8.11. The molecule has 0 fully saturated rings. The highest BCUT2D eigenvalue weighted by atomic mass is 35.5. The van der Waals surface area contributed by atoms with Crippen LogP contribution in [-0.4, -0.2) is 11.7 Å².